The molecule has 0 spiro atoms. The van der Waals surface area contributed by atoms with Crippen LogP contribution in [-0.4, -0.2) is 56.1 Å². The second-order valence-corrected chi connectivity index (χ2v) is 7.53. The fourth-order valence-corrected chi connectivity index (χ4v) is 3.16. The fourth-order valence-electron chi connectivity index (χ4n) is 2.31. The zero-order valence-electron chi connectivity index (χ0n) is 12.0. The second-order valence-electron chi connectivity index (χ2n) is 5.37. The lowest BCUT2D eigenvalue weighted by molar-refractivity contribution is 0.136. The Bertz CT molecular complexity index is 555. The maximum absolute atomic E-state index is 11.9. The van der Waals surface area contributed by atoms with E-state index in [9.17, 15) is 13.5 Å². The minimum atomic E-state index is -3.43. The molecule has 0 aromatic carbocycles. The number of hydrogen-bond donors (Lipinski definition) is 1. The van der Waals surface area contributed by atoms with Gasteiger partial charge in [0.15, 0.2) is 0 Å². The van der Waals surface area contributed by atoms with Gasteiger partial charge in [0.1, 0.15) is 10.7 Å². The van der Waals surface area contributed by atoms with Crippen LogP contribution in [0, 0.1) is 5.92 Å². The number of aromatic nitrogens is 1. The summed E-state index contributed by atoms with van der Waals surface area (Å²) in [5, 5.41) is 9.60. The Balaban J connectivity index is 2.14. The summed E-state index contributed by atoms with van der Waals surface area (Å²) in [4.78, 5) is 6.51. The van der Waals surface area contributed by atoms with Gasteiger partial charge in [-0.1, -0.05) is 0 Å². The summed E-state index contributed by atoms with van der Waals surface area (Å²) in [6, 6.07) is 3.30. The number of nitrogens with zero attached hydrogens (tertiary/aromatic N) is 3. The summed E-state index contributed by atoms with van der Waals surface area (Å²) < 4.78 is 25.1. The molecule has 2 rings (SSSR count). The smallest absolute Gasteiger partial charge is 0.244 e. The molecule has 1 aliphatic heterocycles. The van der Waals surface area contributed by atoms with Crippen LogP contribution < -0.4 is 4.90 Å². The molecule has 112 valence electrons. The molecule has 7 heteroatoms. The molecule has 1 aliphatic rings. The van der Waals surface area contributed by atoms with Crippen molar-refractivity contribution in [1.29, 1.82) is 0 Å². The Labute approximate surface area is 120 Å². The Morgan fingerprint density at radius 1 is 1.45 bits per heavy atom. The molecule has 2 atom stereocenters. The van der Waals surface area contributed by atoms with Crippen molar-refractivity contribution in [3.8, 4) is 0 Å². The van der Waals surface area contributed by atoms with Gasteiger partial charge in [-0.05, 0) is 25.5 Å². The molecular formula is C13H21N3O3S. The van der Waals surface area contributed by atoms with Crippen LogP contribution in [0.5, 0.6) is 0 Å². The molecule has 1 saturated heterocycles. The number of sulfonamides is 1. The zero-order chi connectivity index (χ0) is 14.9. The first-order valence-corrected chi connectivity index (χ1v) is 8.08. The minimum absolute atomic E-state index is 0.192. The number of aliphatic hydroxyl groups is 1. The highest BCUT2D eigenvalue weighted by atomic mass is 32.2. The average Bonchev–Trinajstić information content (AvgIpc) is 2.88. The maximum atomic E-state index is 11.9. The van der Waals surface area contributed by atoms with Crippen LogP contribution in [0.4, 0.5) is 5.82 Å². The Morgan fingerprint density at radius 3 is 2.60 bits per heavy atom. The molecule has 0 saturated carbocycles. The number of anilines is 1. The van der Waals surface area contributed by atoms with Gasteiger partial charge in [-0.2, -0.15) is 0 Å². The van der Waals surface area contributed by atoms with E-state index in [1.54, 1.807) is 19.1 Å². The molecule has 0 bridgehead atoms. The van der Waals surface area contributed by atoms with Crippen molar-refractivity contribution in [2.45, 2.75) is 24.3 Å². The van der Waals surface area contributed by atoms with E-state index >= 15 is 0 Å². The number of rotatable bonds is 4. The fraction of sp³-hybridized carbons (Fsp3) is 0.615. The van der Waals surface area contributed by atoms with E-state index in [4.69, 9.17) is 0 Å². The van der Waals surface area contributed by atoms with Gasteiger partial charge in [0.25, 0.3) is 0 Å². The van der Waals surface area contributed by atoms with Crippen LogP contribution in [0.2, 0.25) is 0 Å². The first kappa shape index (κ1) is 15.2. The molecule has 0 radical (unpaired) electrons. The minimum Gasteiger partial charge on any atom is -0.393 e. The van der Waals surface area contributed by atoms with E-state index in [1.807, 2.05) is 0 Å². The molecule has 1 N–H and O–H groups in total. The van der Waals surface area contributed by atoms with Crippen LogP contribution in [-0.2, 0) is 10.0 Å². The van der Waals surface area contributed by atoms with E-state index in [0.29, 0.717) is 0 Å². The van der Waals surface area contributed by atoms with Crippen LogP contribution in [0.15, 0.2) is 23.2 Å². The monoisotopic (exact) mass is 299 g/mol. The van der Waals surface area contributed by atoms with Gasteiger partial charge >= 0.3 is 0 Å². The largest absolute Gasteiger partial charge is 0.393 e. The van der Waals surface area contributed by atoms with Crippen molar-refractivity contribution < 1.29 is 13.5 Å². The van der Waals surface area contributed by atoms with Gasteiger partial charge in [-0.3, -0.25) is 0 Å². The molecule has 0 amide bonds. The predicted molar refractivity (Wildman–Crippen MR) is 77.1 cm³/mol. The number of aliphatic hydroxyl groups excluding tert-OH is 1. The van der Waals surface area contributed by atoms with Crippen molar-refractivity contribution in [2.75, 3.05) is 32.1 Å². The van der Waals surface area contributed by atoms with E-state index in [2.05, 4.69) is 9.88 Å². The van der Waals surface area contributed by atoms with E-state index in [1.165, 1.54) is 24.6 Å². The van der Waals surface area contributed by atoms with Gasteiger partial charge in [-0.15, -0.1) is 0 Å². The molecule has 1 aromatic rings. The summed E-state index contributed by atoms with van der Waals surface area (Å²) in [7, 11) is -0.435. The van der Waals surface area contributed by atoms with Crippen molar-refractivity contribution in [1.82, 2.24) is 9.29 Å². The highest BCUT2D eigenvalue weighted by molar-refractivity contribution is 7.89. The number of hydrogen-bond acceptors (Lipinski definition) is 5. The quantitative estimate of drug-likeness (QED) is 0.878. The number of pyridine rings is 1. The molecule has 20 heavy (non-hydrogen) atoms. The summed E-state index contributed by atoms with van der Waals surface area (Å²) in [6.45, 7) is 3.39. The van der Waals surface area contributed by atoms with E-state index in [-0.39, 0.29) is 16.9 Å². The molecule has 2 heterocycles. The highest BCUT2D eigenvalue weighted by Crippen LogP contribution is 2.25. The lowest BCUT2D eigenvalue weighted by Crippen LogP contribution is -2.25. The predicted octanol–water partition coefficient (Wildman–Crippen LogP) is 0.539. The lowest BCUT2D eigenvalue weighted by atomic mass is 10.0. The lowest BCUT2D eigenvalue weighted by Gasteiger charge is -2.19. The summed E-state index contributed by atoms with van der Waals surface area (Å²) >= 11 is 0. The van der Waals surface area contributed by atoms with E-state index < -0.39 is 10.0 Å². The van der Waals surface area contributed by atoms with Crippen LogP contribution >= 0.6 is 0 Å². The van der Waals surface area contributed by atoms with Crippen LogP contribution in [0.25, 0.3) is 0 Å². The average molecular weight is 299 g/mol. The molecular weight excluding hydrogens is 278 g/mol. The van der Waals surface area contributed by atoms with Crippen LogP contribution in [0.3, 0.4) is 0 Å². The molecule has 1 aromatic heterocycles. The van der Waals surface area contributed by atoms with Crippen molar-refractivity contribution in [3.63, 3.8) is 0 Å². The third-order valence-corrected chi connectivity index (χ3v) is 5.53. The van der Waals surface area contributed by atoms with Crippen LogP contribution in [0.1, 0.15) is 13.3 Å². The summed E-state index contributed by atoms with van der Waals surface area (Å²) in [5.74, 6) is 1.01. The Hall–Kier alpha value is -1.18. The third-order valence-electron chi connectivity index (χ3n) is 3.73. The molecule has 1 fully saturated rings. The first-order valence-electron chi connectivity index (χ1n) is 6.64. The zero-order valence-corrected chi connectivity index (χ0v) is 12.8. The Kier molecular flexibility index (Phi) is 4.31. The first-order chi connectivity index (χ1) is 9.32. The van der Waals surface area contributed by atoms with Gasteiger partial charge in [0, 0.05) is 39.3 Å². The SMILES string of the molecule is CC(O)C1CCN(c2ccc(S(=O)(=O)N(C)C)cn2)C1. The third kappa shape index (κ3) is 2.94. The summed E-state index contributed by atoms with van der Waals surface area (Å²) in [6.07, 6.45) is 1.99. The standard InChI is InChI=1S/C13H21N3O3S/c1-10(17)11-6-7-16(9-11)13-5-4-12(8-14-13)20(18,19)15(2)3/h4-5,8,10-11,17H,6-7,9H2,1-3H3. The van der Waals surface area contributed by atoms with Gasteiger partial charge < -0.3 is 10.0 Å². The topological polar surface area (TPSA) is 73.7 Å². The van der Waals surface area contributed by atoms with Gasteiger partial charge in [-0.25, -0.2) is 17.7 Å². The van der Waals surface area contributed by atoms with Crippen molar-refractivity contribution >= 4 is 15.8 Å². The normalized spacial score (nSPS) is 21.4. The molecule has 2 unspecified atom stereocenters. The van der Waals surface area contributed by atoms with Crippen molar-refractivity contribution in [2.24, 2.45) is 5.92 Å². The highest BCUT2D eigenvalue weighted by Gasteiger charge is 2.27. The van der Waals surface area contributed by atoms with Crippen molar-refractivity contribution in [3.05, 3.63) is 18.3 Å². The van der Waals surface area contributed by atoms with Gasteiger partial charge in [0.2, 0.25) is 10.0 Å². The van der Waals surface area contributed by atoms with Gasteiger partial charge in [0.05, 0.1) is 6.10 Å². The Morgan fingerprint density at radius 2 is 2.15 bits per heavy atom. The summed E-state index contributed by atoms with van der Waals surface area (Å²) in [5.41, 5.74) is 0. The maximum Gasteiger partial charge on any atom is 0.244 e. The second kappa shape index (κ2) is 5.67. The molecule has 6 nitrogen and oxygen atoms in total. The van der Waals surface area contributed by atoms with E-state index in [0.717, 1.165) is 25.3 Å². The molecule has 0 aliphatic carbocycles.